The Morgan fingerprint density at radius 2 is 1.94 bits per heavy atom. The lowest BCUT2D eigenvalue weighted by molar-refractivity contribution is 0.0690. The van der Waals surface area contributed by atoms with Crippen molar-refractivity contribution in [2.24, 2.45) is 0 Å². The van der Waals surface area contributed by atoms with E-state index in [-0.39, 0.29) is 11.3 Å². The van der Waals surface area contributed by atoms with Crippen molar-refractivity contribution < 1.29 is 14.4 Å². The summed E-state index contributed by atoms with van der Waals surface area (Å²) < 4.78 is 5.30. The standard InChI is InChI=1S/C13H19NO3/c1-13(2,3)11-9(12(15)16)10(14-17-11)8-6-4-5-7-8/h8H,4-7H2,1-3H3,(H,15,16). The summed E-state index contributed by atoms with van der Waals surface area (Å²) in [6.07, 6.45) is 4.36. The molecule has 1 aromatic heterocycles. The predicted octanol–water partition coefficient (Wildman–Crippen LogP) is 3.33. The number of aromatic nitrogens is 1. The van der Waals surface area contributed by atoms with E-state index in [2.05, 4.69) is 5.16 Å². The van der Waals surface area contributed by atoms with Crippen LogP contribution in [0.4, 0.5) is 0 Å². The predicted molar refractivity (Wildman–Crippen MR) is 63.4 cm³/mol. The van der Waals surface area contributed by atoms with E-state index in [4.69, 9.17) is 4.52 Å². The molecule has 0 amide bonds. The Labute approximate surface area is 101 Å². The minimum absolute atomic E-state index is 0.265. The van der Waals surface area contributed by atoms with E-state index >= 15 is 0 Å². The summed E-state index contributed by atoms with van der Waals surface area (Å²) in [5.41, 5.74) is 0.627. The number of hydrogen-bond acceptors (Lipinski definition) is 3. The smallest absolute Gasteiger partial charge is 0.341 e. The Hall–Kier alpha value is -1.32. The molecular weight excluding hydrogens is 218 g/mol. The molecule has 1 saturated carbocycles. The summed E-state index contributed by atoms with van der Waals surface area (Å²) in [7, 11) is 0. The van der Waals surface area contributed by atoms with Crippen molar-refractivity contribution in [3.63, 3.8) is 0 Å². The lowest BCUT2D eigenvalue weighted by atomic mass is 9.87. The van der Waals surface area contributed by atoms with Crippen molar-refractivity contribution in [1.29, 1.82) is 0 Å². The van der Waals surface area contributed by atoms with Gasteiger partial charge in [-0.3, -0.25) is 0 Å². The first-order valence-electron chi connectivity index (χ1n) is 6.14. The molecule has 0 spiro atoms. The fraction of sp³-hybridized carbons (Fsp3) is 0.692. The fourth-order valence-electron chi connectivity index (χ4n) is 2.50. The first-order valence-corrected chi connectivity index (χ1v) is 6.14. The highest BCUT2D eigenvalue weighted by Crippen LogP contribution is 2.38. The molecule has 0 radical (unpaired) electrons. The molecular formula is C13H19NO3. The summed E-state index contributed by atoms with van der Waals surface area (Å²) in [6, 6.07) is 0. The molecule has 0 unspecified atom stereocenters. The SMILES string of the molecule is CC(C)(C)c1onc(C2CCCC2)c1C(=O)O. The molecule has 1 N–H and O–H groups in total. The summed E-state index contributed by atoms with van der Waals surface area (Å²) >= 11 is 0. The lowest BCUT2D eigenvalue weighted by Gasteiger charge is -2.15. The van der Waals surface area contributed by atoms with E-state index < -0.39 is 5.97 Å². The summed E-state index contributed by atoms with van der Waals surface area (Å²) in [6.45, 7) is 5.83. The van der Waals surface area contributed by atoms with Crippen molar-refractivity contribution in [2.45, 2.75) is 57.8 Å². The summed E-state index contributed by atoms with van der Waals surface area (Å²) in [4.78, 5) is 11.4. The van der Waals surface area contributed by atoms with Crippen LogP contribution in [0, 0.1) is 0 Å². The normalized spacial score (nSPS) is 17.6. The number of carboxylic acids is 1. The van der Waals surface area contributed by atoms with E-state index in [0.717, 1.165) is 25.7 Å². The van der Waals surface area contributed by atoms with E-state index in [1.807, 2.05) is 20.8 Å². The number of carbonyl (C=O) groups is 1. The molecule has 0 atom stereocenters. The highest BCUT2D eigenvalue weighted by molar-refractivity contribution is 5.90. The molecule has 4 heteroatoms. The average Bonchev–Trinajstić information content (AvgIpc) is 2.84. The van der Waals surface area contributed by atoms with Crippen LogP contribution in [-0.4, -0.2) is 16.2 Å². The van der Waals surface area contributed by atoms with Gasteiger partial charge in [0.25, 0.3) is 0 Å². The Morgan fingerprint density at radius 1 is 1.35 bits per heavy atom. The van der Waals surface area contributed by atoms with Crippen molar-refractivity contribution in [2.75, 3.05) is 0 Å². The Morgan fingerprint density at radius 3 is 2.41 bits per heavy atom. The molecule has 1 aliphatic carbocycles. The van der Waals surface area contributed by atoms with E-state index in [9.17, 15) is 9.90 Å². The lowest BCUT2D eigenvalue weighted by Crippen LogP contribution is -2.16. The van der Waals surface area contributed by atoms with Gasteiger partial charge in [0, 0.05) is 11.3 Å². The highest BCUT2D eigenvalue weighted by Gasteiger charge is 2.34. The molecule has 94 valence electrons. The van der Waals surface area contributed by atoms with Gasteiger partial charge in [-0.05, 0) is 12.8 Å². The van der Waals surface area contributed by atoms with Crippen LogP contribution >= 0.6 is 0 Å². The monoisotopic (exact) mass is 237 g/mol. The van der Waals surface area contributed by atoms with Gasteiger partial charge in [-0.15, -0.1) is 0 Å². The first-order chi connectivity index (χ1) is 7.91. The van der Waals surface area contributed by atoms with Gasteiger partial charge >= 0.3 is 5.97 Å². The quantitative estimate of drug-likeness (QED) is 0.856. The molecule has 1 aliphatic rings. The van der Waals surface area contributed by atoms with Gasteiger partial charge in [0.1, 0.15) is 11.3 Å². The summed E-state index contributed by atoms with van der Waals surface area (Å²) in [5, 5.41) is 13.4. The van der Waals surface area contributed by atoms with Gasteiger partial charge in [-0.1, -0.05) is 38.8 Å². The number of hydrogen-bond donors (Lipinski definition) is 1. The molecule has 4 nitrogen and oxygen atoms in total. The molecule has 1 fully saturated rings. The van der Waals surface area contributed by atoms with Crippen molar-refractivity contribution in [3.8, 4) is 0 Å². The maximum Gasteiger partial charge on any atom is 0.341 e. The molecule has 0 aromatic carbocycles. The van der Waals surface area contributed by atoms with Gasteiger partial charge in [-0.25, -0.2) is 4.79 Å². The number of carboxylic acid groups (broad SMARTS) is 1. The van der Waals surface area contributed by atoms with Gasteiger partial charge in [-0.2, -0.15) is 0 Å². The maximum atomic E-state index is 11.4. The van der Waals surface area contributed by atoms with Gasteiger partial charge in [0.05, 0.1) is 0 Å². The Bertz CT molecular complexity index is 422. The van der Waals surface area contributed by atoms with Crippen LogP contribution in [-0.2, 0) is 5.41 Å². The Balaban J connectivity index is 2.46. The fourth-order valence-corrected chi connectivity index (χ4v) is 2.50. The second kappa shape index (κ2) is 4.17. The first kappa shape index (κ1) is 12.1. The zero-order valence-electron chi connectivity index (χ0n) is 10.6. The van der Waals surface area contributed by atoms with Crippen molar-refractivity contribution in [3.05, 3.63) is 17.0 Å². The van der Waals surface area contributed by atoms with Gasteiger partial charge < -0.3 is 9.63 Å². The molecule has 2 rings (SSSR count). The Kier molecular flexibility index (Phi) is 2.98. The van der Waals surface area contributed by atoms with Crippen LogP contribution in [0.15, 0.2) is 4.52 Å². The third-order valence-corrected chi connectivity index (χ3v) is 3.36. The molecule has 0 bridgehead atoms. The zero-order chi connectivity index (χ0) is 12.6. The average molecular weight is 237 g/mol. The van der Waals surface area contributed by atoms with Crippen LogP contribution in [0.5, 0.6) is 0 Å². The van der Waals surface area contributed by atoms with Crippen LogP contribution in [0.25, 0.3) is 0 Å². The van der Waals surface area contributed by atoms with Crippen molar-refractivity contribution in [1.82, 2.24) is 5.16 Å². The minimum Gasteiger partial charge on any atom is -0.477 e. The topological polar surface area (TPSA) is 63.3 Å². The molecule has 0 aliphatic heterocycles. The maximum absolute atomic E-state index is 11.4. The van der Waals surface area contributed by atoms with Crippen LogP contribution < -0.4 is 0 Å². The largest absolute Gasteiger partial charge is 0.477 e. The van der Waals surface area contributed by atoms with E-state index in [1.54, 1.807) is 0 Å². The highest BCUT2D eigenvalue weighted by atomic mass is 16.5. The molecule has 1 heterocycles. The van der Waals surface area contributed by atoms with Crippen LogP contribution in [0.3, 0.4) is 0 Å². The zero-order valence-corrected chi connectivity index (χ0v) is 10.6. The van der Waals surface area contributed by atoms with Crippen molar-refractivity contribution >= 4 is 5.97 Å². The number of rotatable bonds is 2. The third kappa shape index (κ3) is 2.21. The van der Waals surface area contributed by atoms with Crippen LogP contribution in [0.2, 0.25) is 0 Å². The molecule has 17 heavy (non-hydrogen) atoms. The number of aromatic carboxylic acids is 1. The second-order valence-corrected chi connectivity index (χ2v) is 5.81. The molecule has 1 aromatic rings. The summed E-state index contributed by atoms with van der Waals surface area (Å²) in [5.74, 6) is -0.161. The van der Waals surface area contributed by atoms with Gasteiger partial charge in [0.15, 0.2) is 5.76 Å². The second-order valence-electron chi connectivity index (χ2n) is 5.81. The minimum atomic E-state index is -0.918. The van der Waals surface area contributed by atoms with E-state index in [1.165, 1.54) is 0 Å². The van der Waals surface area contributed by atoms with Gasteiger partial charge in [0.2, 0.25) is 0 Å². The third-order valence-electron chi connectivity index (χ3n) is 3.36. The van der Waals surface area contributed by atoms with Crippen LogP contribution in [0.1, 0.15) is 74.2 Å². The molecule has 0 saturated heterocycles. The number of nitrogens with zero attached hydrogens (tertiary/aromatic N) is 1. The van der Waals surface area contributed by atoms with E-state index in [0.29, 0.717) is 17.0 Å².